The molecule has 120 valence electrons. The van der Waals surface area contributed by atoms with Crippen LogP contribution >= 0.6 is 23.2 Å². The van der Waals surface area contributed by atoms with Crippen molar-refractivity contribution in [3.05, 3.63) is 39.9 Å². The Morgan fingerprint density at radius 2 is 2.23 bits per heavy atom. The highest BCUT2D eigenvalue weighted by molar-refractivity contribution is 6.42. The number of aliphatic hydroxyl groups excluding tert-OH is 1. The van der Waals surface area contributed by atoms with Crippen LogP contribution in [0.1, 0.15) is 18.4 Å². The lowest BCUT2D eigenvalue weighted by molar-refractivity contribution is -0.117. The fraction of sp³-hybridized carbons (Fsp3) is 0.438. The zero-order valence-electron chi connectivity index (χ0n) is 12.1. The molecule has 0 aliphatic heterocycles. The normalized spacial score (nSPS) is 16.0. The molecule has 0 heterocycles. The van der Waals surface area contributed by atoms with Gasteiger partial charge in [0.25, 0.3) is 0 Å². The molecule has 6 heteroatoms. The number of amides is 1. The third-order valence-electron chi connectivity index (χ3n) is 3.27. The van der Waals surface area contributed by atoms with Gasteiger partial charge < -0.3 is 15.2 Å². The van der Waals surface area contributed by atoms with Crippen molar-refractivity contribution in [3.63, 3.8) is 0 Å². The maximum absolute atomic E-state index is 11.7. The van der Waals surface area contributed by atoms with Crippen LogP contribution in [0.15, 0.2) is 24.3 Å². The van der Waals surface area contributed by atoms with E-state index in [4.69, 9.17) is 27.9 Å². The zero-order valence-corrected chi connectivity index (χ0v) is 13.6. The molecule has 1 unspecified atom stereocenters. The van der Waals surface area contributed by atoms with Crippen LogP contribution in [0.25, 0.3) is 6.08 Å². The third-order valence-corrected chi connectivity index (χ3v) is 4.10. The van der Waals surface area contributed by atoms with E-state index in [2.05, 4.69) is 5.32 Å². The molecular weight excluding hydrogens is 325 g/mol. The molecule has 0 saturated heterocycles. The van der Waals surface area contributed by atoms with Gasteiger partial charge in [-0.3, -0.25) is 4.79 Å². The SMILES string of the molecule is O=C(/C=C/c1cccc(Cl)c1Cl)NCC(O)COCC1CC1. The Labute approximate surface area is 140 Å². The number of ether oxygens (including phenoxy) is 1. The highest BCUT2D eigenvalue weighted by atomic mass is 35.5. The molecule has 2 N–H and O–H groups in total. The molecule has 22 heavy (non-hydrogen) atoms. The van der Waals surface area contributed by atoms with Crippen molar-refractivity contribution in [2.75, 3.05) is 19.8 Å². The molecule has 4 nitrogen and oxygen atoms in total. The fourth-order valence-corrected chi connectivity index (χ4v) is 2.18. The number of hydrogen-bond acceptors (Lipinski definition) is 3. The molecule has 1 aromatic rings. The molecular formula is C16H19Cl2NO3. The summed E-state index contributed by atoms with van der Waals surface area (Å²) >= 11 is 11.9. The number of carbonyl (C=O) groups is 1. The molecule has 0 aromatic heterocycles. The predicted molar refractivity (Wildman–Crippen MR) is 88.1 cm³/mol. The highest BCUT2D eigenvalue weighted by Gasteiger charge is 2.21. The van der Waals surface area contributed by atoms with Crippen molar-refractivity contribution < 1.29 is 14.6 Å². The summed E-state index contributed by atoms with van der Waals surface area (Å²) in [4.78, 5) is 11.7. The van der Waals surface area contributed by atoms with Gasteiger partial charge in [-0.25, -0.2) is 0 Å². The van der Waals surface area contributed by atoms with Crippen molar-refractivity contribution in [3.8, 4) is 0 Å². The van der Waals surface area contributed by atoms with E-state index in [9.17, 15) is 9.90 Å². The number of hydrogen-bond donors (Lipinski definition) is 2. The van der Waals surface area contributed by atoms with Gasteiger partial charge in [0.2, 0.25) is 5.91 Å². The Morgan fingerprint density at radius 1 is 1.45 bits per heavy atom. The van der Waals surface area contributed by atoms with E-state index in [1.165, 1.54) is 18.9 Å². The summed E-state index contributed by atoms with van der Waals surface area (Å²) in [5.41, 5.74) is 0.664. The average molecular weight is 344 g/mol. The van der Waals surface area contributed by atoms with E-state index in [1.54, 1.807) is 24.3 Å². The number of nitrogens with one attached hydrogen (secondary N) is 1. The summed E-state index contributed by atoms with van der Waals surface area (Å²) in [6.45, 7) is 1.08. The van der Waals surface area contributed by atoms with Crippen LogP contribution in [-0.4, -0.2) is 36.9 Å². The molecule has 1 fully saturated rings. The molecule has 1 atom stereocenters. The smallest absolute Gasteiger partial charge is 0.244 e. The Hall–Kier alpha value is -1.07. The molecule has 1 aromatic carbocycles. The summed E-state index contributed by atoms with van der Waals surface area (Å²) in [6, 6.07) is 5.20. The van der Waals surface area contributed by atoms with Crippen molar-refractivity contribution >= 4 is 35.2 Å². The Balaban J connectivity index is 1.70. The molecule has 0 spiro atoms. The van der Waals surface area contributed by atoms with E-state index in [0.29, 0.717) is 28.1 Å². The Kier molecular flexibility index (Phi) is 6.70. The van der Waals surface area contributed by atoms with E-state index >= 15 is 0 Å². The number of carbonyl (C=O) groups excluding carboxylic acids is 1. The van der Waals surface area contributed by atoms with Crippen LogP contribution in [0.4, 0.5) is 0 Å². The van der Waals surface area contributed by atoms with Crippen LogP contribution in [0, 0.1) is 5.92 Å². The quantitative estimate of drug-likeness (QED) is 0.713. The molecule has 1 aliphatic carbocycles. The van der Waals surface area contributed by atoms with Crippen molar-refractivity contribution in [1.29, 1.82) is 0 Å². The van der Waals surface area contributed by atoms with Crippen LogP contribution in [0.5, 0.6) is 0 Å². The van der Waals surface area contributed by atoms with Gasteiger partial charge in [-0.2, -0.15) is 0 Å². The van der Waals surface area contributed by atoms with Crippen molar-refractivity contribution in [2.24, 2.45) is 5.92 Å². The number of rotatable bonds is 8. The summed E-state index contributed by atoms with van der Waals surface area (Å²) in [6.07, 6.45) is 4.66. The lowest BCUT2D eigenvalue weighted by Gasteiger charge is -2.11. The van der Waals surface area contributed by atoms with Crippen molar-refractivity contribution in [2.45, 2.75) is 18.9 Å². The molecule has 1 amide bonds. The zero-order chi connectivity index (χ0) is 15.9. The van der Waals surface area contributed by atoms with Gasteiger partial charge in [0.15, 0.2) is 0 Å². The summed E-state index contributed by atoms with van der Waals surface area (Å²) < 4.78 is 5.36. The summed E-state index contributed by atoms with van der Waals surface area (Å²) in [5, 5.41) is 13.1. The van der Waals surface area contributed by atoms with Gasteiger partial charge in [0.1, 0.15) is 0 Å². The van der Waals surface area contributed by atoms with Gasteiger partial charge in [-0.15, -0.1) is 0 Å². The first kappa shape index (κ1) is 17.3. The summed E-state index contributed by atoms with van der Waals surface area (Å²) in [5.74, 6) is 0.351. The Morgan fingerprint density at radius 3 is 2.95 bits per heavy atom. The number of halogens is 2. The monoisotopic (exact) mass is 343 g/mol. The minimum atomic E-state index is -0.703. The maximum atomic E-state index is 11.7. The van der Waals surface area contributed by atoms with Gasteiger partial charge in [-0.05, 0) is 36.5 Å². The minimum absolute atomic E-state index is 0.150. The first-order chi connectivity index (χ1) is 10.6. The molecule has 1 saturated carbocycles. The van der Waals surface area contributed by atoms with E-state index < -0.39 is 6.10 Å². The lowest BCUT2D eigenvalue weighted by Crippen LogP contribution is -2.33. The van der Waals surface area contributed by atoms with Crippen molar-refractivity contribution in [1.82, 2.24) is 5.32 Å². The van der Waals surface area contributed by atoms with E-state index in [0.717, 1.165) is 0 Å². The van der Waals surface area contributed by atoms with Gasteiger partial charge in [0.05, 0.1) is 22.8 Å². The first-order valence-corrected chi connectivity index (χ1v) is 7.97. The molecule has 2 rings (SSSR count). The topological polar surface area (TPSA) is 58.6 Å². The number of aliphatic hydroxyl groups is 1. The predicted octanol–water partition coefficient (Wildman–Crippen LogP) is 2.91. The van der Waals surface area contributed by atoms with Crippen LogP contribution < -0.4 is 5.32 Å². The van der Waals surface area contributed by atoms with Crippen LogP contribution in [0.3, 0.4) is 0 Å². The second-order valence-electron chi connectivity index (χ2n) is 5.36. The Bertz CT molecular complexity index is 544. The first-order valence-electron chi connectivity index (χ1n) is 7.22. The third kappa shape index (κ3) is 5.97. The highest BCUT2D eigenvalue weighted by Crippen LogP contribution is 2.28. The summed E-state index contributed by atoms with van der Waals surface area (Å²) in [7, 11) is 0. The second-order valence-corrected chi connectivity index (χ2v) is 6.14. The lowest BCUT2D eigenvalue weighted by atomic mass is 10.2. The maximum Gasteiger partial charge on any atom is 0.244 e. The fourth-order valence-electron chi connectivity index (χ4n) is 1.81. The minimum Gasteiger partial charge on any atom is -0.389 e. The van der Waals surface area contributed by atoms with Gasteiger partial charge in [0, 0.05) is 19.2 Å². The van der Waals surface area contributed by atoms with Gasteiger partial charge >= 0.3 is 0 Å². The molecule has 0 bridgehead atoms. The number of benzene rings is 1. The van der Waals surface area contributed by atoms with E-state index in [-0.39, 0.29) is 19.1 Å². The average Bonchev–Trinajstić information content (AvgIpc) is 3.31. The molecule has 0 radical (unpaired) electrons. The van der Waals surface area contributed by atoms with Crippen LogP contribution in [-0.2, 0) is 9.53 Å². The largest absolute Gasteiger partial charge is 0.389 e. The standard InChI is InChI=1S/C16H19Cl2NO3/c17-14-3-1-2-12(16(14)18)6-7-15(21)19-8-13(20)10-22-9-11-4-5-11/h1-3,6-7,11,13,20H,4-5,8-10H2,(H,19,21)/b7-6+. The second kappa shape index (κ2) is 8.53. The van der Waals surface area contributed by atoms with Gasteiger partial charge in [-0.1, -0.05) is 35.3 Å². The van der Waals surface area contributed by atoms with E-state index in [1.807, 2.05) is 0 Å². The van der Waals surface area contributed by atoms with Crippen LogP contribution in [0.2, 0.25) is 10.0 Å². The molecule has 1 aliphatic rings.